The highest BCUT2D eigenvalue weighted by molar-refractivity contribution is 4.80. The van der Waals surface area contributed by atoms with Gasteiger partial charge >= 0.3 is 0 Å². The lowest BCUT2D eigenvalue weighted by atomic mass is 10.1. The molecule has 2 aliphatic rings. The minimum Gasteiger partial charge on any atom is -0.378 e. The molecular weight excluding hydrogens is 222 g/mol. The fourth-order valence-electron chi connectivity index (χ4n) is 2.83. The third-order valence-corrected chi connectivity index (χ3v) is 4.24. The summed E-state index contributed by atoms with van der Waals surface area (Å²) >= 11 is 0. The predicted octanol–water partition coefficient (Wildman–Crippen LogP) is 4.04. The van der Waals surface area contributed by atoms with Crippen LogP contribution < -0.4 is 5.32 Å². The number of rotatable bonds is 9. The Morgan fingerprint density at radius 3 is 2.22 bits per heavy atom. The molecule has 0 aromatic rings. The summed E-state index contributed by atoms with van der Waals surface area (Å²) in [4.78, 5) is 0. The van der Waals surface area contributed by atoms with Gasteiger partial charge in [-0.1, -0.05) is 38.5 Å². The smallest absolute Gasteiger partial charge is 0.0575 e. The normalized spacial score (nSPS) is 22.0. The van der Waals surface area contributed by atoms with Crippen molar-refractivity contribution in [3.8, 4) is 0 Å². The molecule has 106 valence electrons. The average molecular weight is 253 g/mol. The summed E-state index contributed by atoms with van der Waals surface area (Å²) in [7, 11) is 0. The second-order valence-electron chi connectivity index (χ2n) is 6.13. The second kappa shape index (κ2) is 8.92. The van der Waals surface area contributed by atoms with Crippen LogP contribution in [0.15, 0.2) is 0 Å². The van der Waals surface area contributed by atoms with E-state index in [0.29, 0.717) is 6.10 Å². The molecular formula is C16H31NO. The van der Waals surface area contributed by atoms with Crippen molar-refractivity contribution in [2.45, 2.75) is 89.2 Å². The van der Waals surface area contributed by atoms with Gasteiger partial charge in [-0.15, -0.1) is 0 Å². The Hall–Kier alpha value is -0.0800. The van der Waals surface area contributed by atoms with E-state index in [4.69, 9.17) is 4.74 Å². The molecule has 2 fully saturated rings. The molecule has 0 bridgehead atoms. The highest BCUT2D eigenvalue weighted by Crippen LogP contribution is 2.20. The zero-order valence-electron chi connectivity index (χ0n) is 12.0. The maximum absolute atomic E-state index is 6.00. The van der Waals surface area contributed by atoms with Crippen LogP contribution in [0, 0.1) is 0 Å². The molecule has 2 nitrogen and oxygen atoms in total. The summed E-state index contributed by atoms with van der Waals surface area (Å²) in [5.74, 6) is 0. The molecule has 0 spiro atoms. The molecule has 0 atom stereocenters. The molecule has 2 aliphatic carbocycles. The van der Waals surface area contributed by atoms with Crippen molar-refractivity contribution in [1.29, 1.82) is 0 Å². The average Bonchev–Trinajstić information content (AvgIpc) is 3.19. The fraction of sp³-hybridized carbons (Fsp3) is 1.00. The number of nitrogens with one attached hydrogen (secondary N) is 1. The van der Waals surface area contributed by atoms with Crippen LogP contribution in [0.1, 0.15) is 77.0 Å². The van der Waals surface area contributed by atoms with Crippen LogP contribution in [-0.2, 0) is 4.74 Å². The van der Waals surface area contributed by atoms with Crippen molar-refractivity contribution >= 4 is 0 Å². The van der Waals surface area contributed by atoms with Crippen LogP contribution in [-0.4, -0.2) is 25.3 Å². The van der Waals surface area contributed by atoms with Gasteiger partial charge < -0.3 is 10.1 Å². The topological polar surface area (TPSA) is 21.3 Å². The van der Waals surface area contributed by atoms with Gasteiger partial charge in [0.15, 0.2) is 0 Å². The molecule has 1 N–H and O–H groups in total. The third-order valence-electron chi connectivity index (χ3n) is 4.24. The molecule has 2 rings (SSSR count). The lowest BCUT2D eigenvalue weighted by molar-refractivity contribution is 0.0407. The van der Waals surface area contributed by atoms with E-state index in [9.17, 15) is 0 Å². The summed E-state index contributed by atoms with van der Waals surface area (Å²) < 4.78 is 6.00. The van der Waals surface area contributed by atoms with Crippen molar-refractivity contribution in [1.82, 2.24) is 5.32 Å². The summed E-state index contributed by atoms with van der Waals surface area (Å²) in [6.45, 7) is 2.23. The lowest BCUT2D eigenvalue weighted by Gasteiger charge is -2.15. The third kappa shape index (κ3) is 6.75. The van der Waals surface area contributed by atoms with Crippen molar-refractivity contribution < 1.29 is 4.74 Å². The Bertz CT molecular complexity index is 195. The van der Waals surface area contributed by atoms with Crippen LogP contribution in [0.2, 0.25) is 0 Å². The maximum Gasteiger partial charge on any atom is 0.0575 e. The molecule has 2 saturated carbocycles. The standard InChI is InChI=1S/C16H31NO/c1-2-6-10-16(9-5-1)18-14-8-4-3-7-13-17-15-11-12-15/h15-17H,1-14H2. The van der Waals surface area contributed by atoms with E-state index in [0.717, 1.165) is 12.6 Å². The summed E-state index contributed by atoms with van der Waals surface area (Å²) in [6.07, 6.45) is 17.0. The second-order valence-corrected chi connectivity index (χ2v) is 6.13. The van der Waals surface area contributed by atoms with Gasteiger partial charge in [0.2, 0.25) is 0 Å². The lowest BCUT2D eigenvalue weighted by Crippen LogP contribution is -2.17. The predicted molar refractivity (Wildman–Crippen MR) is 76.9 cm³/mol. The van der Waals surface area contributed by atoms with Crippen LogP contribution in [0.5, 0.6) is 0 Å². The van der Waals surface area contributed by atoms with E-state index >= 15 is 0 Å². The quantitative estimate of drug-likeness (QED) is 0.494. The Balaban J connectivity index is 1.33. The van der Waals surface area contributed by atoms with Crippen molar-refractivity contribution in [3.05, 3.63) is 0 Å². The van der Waals surface area contributed by atoms with E-state index in [2.05, 4.69) is 5.32 Å². The van der Waals surface area contributed by atoms with Crippen LogP contribution in [0.3, 0.4) is 0 Å². The Morgan fingerprint density at radius 1 is 0.778 bits per heavy atom. The highest BCUT2D eigenvalue weighted by Gasteiger charge is 2.19. The van der Waals surface area contributed by atoms with Crippen LogP contribution in [0.4, 0.5) is 0 Å². The van der Waals surface area contributed by atoms with E-state index in [1.54, 1.807) is 0 Å². The Morgan fingerprint density at radius 2 is 1.50 bits per heavy atom. The van der Waals surface area contributed by atoms with Gasteiger partial charge in [0.1, 0.15) is 0 Å². The Labute approximate surface area is 113 Å². The molecule has 0 radical (unpaired) electrons. The molecule has 0 aromatic heterocycles. The van der Waals surface area contributed by atoms with E-state index in [1.807, 2.05) is 0 Å². The zero-order valence-corrected chi connectivity index (χ0v) is 12.0. The minimum atomic E-state index is 0.587. The van der Waals surface area contributed by atoms with Gasteiger partial charge in [-0.3, -0.25) is 0 Å². The molecule has 0 heterocycles. The Kier molecular flexibility index (Phi) is 7.11. The van der Waals surface area contributed by atoms with Crippen LogP contribution in [0.25, 0.3) is 0 Å². The van der Waals surface area contributed by atoms with E-state index in [1.165, 1.54) is 83.6 Å². The van der Waals surface area contributed by atoms with E-state index < -0.39 is 0 Å². The largest absolute Gasteiger partial charge is 0.378 e. The SMILES string of the molecule is C(CCCOC1CCCCCC1)CCNC1CC1. The number of ether oxygens (including phenoxy) is 1. The van der Waals surface area contributed by atoms with E-state index in [-0.39, 0.29) is 0 Å². The number of hydrogen-bond donors (Lipinski definition) is 1. The summed E-state index contributed by atoms with van der Waals surface area (Å²) in [6, 6.07) is 0.878. The van der Waals surface area contributed by atoms with Gasteiger partial charge in [-0.2, -0.15) is 0 Å². The van der Waals surface area contributed by atoms with Crippen molar-refractivity contribution in [3.63, 3.8) is 0 Å². The monoisotopic (exact) mass is 253 g/mol. The molecule has 18 heavy (non-hydrogen) atoms. The first-order valence-electron chi connectivity index (χ1n) is 8.30. The van der Waals surface area contributed by atoms with Gasteiger partial charge in [-0.25, -0.2) is 0 Å². The van der Waals surface area contributed by atoms with Gasteiger partial charge in [0, 0.05) is 12.6 Å². The molecule has 0 unspecified atom stereocenters. The molecule has 0 aliphatic heterocycles. The van der Waals surface area contributed by atoms with Crippen molar-refractivity contribution in [2.75, 3.05) is 13.2 Å². The summed E-state index contributed by atoms with van der Waals surface area (Å²) in [5.41, 5.74) is 0. The molecule has 0 aromatic carbocycles. The van der Waals surface area contributed by atoms with Gasteiger partial charge in [-0.05, 0) is 45.1 Å². The molecule has 2 heteroatoms. The highest BCUT2D eigenvalue weighted by atomic mass is 16.5. The fourth-order valence-corrected chi connectivity index (χ4v) is 2.83. The zero-order chi connectivity index (χ0) is 12.5. The first-order chi connectivity index (χ1) is 8.95. The number of unbranched alkanes of at least 4 members (excludes halogenated alkanes) is 3. The summed E-state index contributed by atoms with van der Waals surface area (Å²) in [5, 5.41) is 3.57. The van der Waals surface area contributed by atoms with Gasteiger partial charge in [0.05, 0.1) is 6.10 Å². The van der Waals surface area contributed by atoms with Crippen molar-refractivity contribution in [2.24, 2.45) is 0 Å². The molecule has 0 saturated heterocycles. The van der Waals surface area contributed by atoms with Crippen LogP contribution >= 0.6 is 0 Å². The maximum atomic E-state index is 6.00. The molecule has 0 amide bonds. The first-order valence-corrected chi connectivity index (χ1v) is 8.30. The van der Waals surface area contributed by atoms with Gasteiger partial charge in [0.25, 0.3) is 0 Å². The number of hydrogen-bond acceptors (Lipinski definition) is 2. The first kappa shape index (κ1) is 14.3. The minimum absolute atomic E-state index is 0.587.